The Kier molecular flexibility index (Phi) is 6.27. The first-order chi connectivity index (χ1) is 25.2. The molecule has 6 heteroatoms. The minimum atomic E-state index is -0.153. The van der Waals surface area contributed by atoms with Crippen LogP contribution in [0.1, 0.15) is 35.2 Å². The number of benzene rings is 7. The fourth-order valence-corrected chi connectivity index (χ4v) is 7.96. The quantitative estimate of drug-likeness (QED) is 0.174. The van der Waals surface area contributed by atoms with E-state index in [1.54, 1.807) is 0 Å². The molecule has 51 heavy (non-hydrogen) atoms. The zero-order valence-electron chi connectivity index (χ0n) is 27.4. The van der Waals surface area contributed by atoms with Crippen LogP contribution in [0.4, 0.5) is 0 Å². The van der Waals surface area contributed by atoms with Crippen molar-refractivity contribution in [1.82, 2.24) is 16.0 Å². The van der Waals surface area contributed by atoms with Crippen LogP contribution in [0.3, 0.4) is 0 Å². The number of para-hydroxylation sites is 4. The molecule has 0 radical (unpaired) electrons. The van der Waals surface area contributed by atoms with Crippen molar-refractivity contribution in [2.24, 2.45) is 0 Å². The van der Waals surface area contributed by atoms with Crippen molar-refractivity contribution in [3.63, 3.8) is 0 Å². The van der Waals surface area contributed by atoms with Crippen molar-refractivity contribution >= 4 is 65.8 Å². The summed E-state index contributed by atoms with van der Waals surface area (Å²) in [7, 11) is 0. The first-order valence-corrected chi connectivity index (χ1v) is 17.4. The summed E-state index contributed by atoms with van der Waals surface area (Å²) in [6.07, 6.45) is -0.376. The summed E-state index contributed by atoms with van der Waals surface area (Å²) in [4.78, 5) is 0. The molecule has 0 bridgehead atoms. The third kappa shape index (κ3) is 4.55. The van der Waals surface area contributed by atoms with Crippen LogP contribution < -0.4 is 16.0 Å². The molecule has 1 aliphatic rings. The molecule has 7 aromatic carbocycles. The lowest BCUT2D eigenvalue weighted by Crippen LogP contribution is -2.54. The minimum Gasteiger partial charge on any atom is -0.456 e. The van der Waals surface area contributed by atoms with E-state index < -0.39 is 0 Å². The molecule has 1 saturated heterocycles. The van der Waals surface area contributed by atoms with Gasteiger partial charge in [0.2, 0.25) is 0 Å². The van der Waals surface area contributed by atoms with Gasteiger partial charge in [-0.25, -0.2) is 0 Å². The SMILES string of the molecule is c1ccc(C2NC(c3ccc4oc5ccccc5c4c3)NC(c3ccc4oc5c(-c6cccc7c6oc6ccccc67)cccc5c4c3)N2)cc1. The fraction of sp³-hybridized carbons (Fsp3) is 0.0667. The van der Waals surface area contributed by atoms with Crippen molar-refractivity contribution in [2.45, 2.75) is 18.5 Å². The van der Waals surface area contributed by atoms with Crippen molar-refractivity contribution < 1.29 is 13.3 Å². The van der Waals surface area contributed by atoms with Gasteiger partial charge in [0.1, 0.15) is 33.5 Å². The summed E-state index contributed by atoms with van der Waals surface area (Å²) in [5, 5.41) is 18.1. The van der Waals surface area contributed by atoms with Crippen LogP contribution in [0.2, 0.25) is 0 Å². The molecule has 3 N–H and O–H groups in total. The van der Waals surface area contributed by atoms with Crippen molar-refractivity contribution in [3.05, 3.63) is 168 Å². The van der Waals surface area contributed by atoms with E-state index in [4.69, 9.17) is 13.3 Å². The molecule has 11 rings (SSSR count). The van der Waals surface area contributed by atoms with E-state index in [0.717, 1.165) is 88.1 Å². The van der Waals surface area contributed by atoms with Crippen LogP contribution >= 0.6 is 0 Å². The maximum Gasteiger partial charge on any atom is 0.143 e. The Morgan fingerprint density at radius 3 is 1.37 bits per heavy atom. The molecule has 3 atom stereocenters. The molecule has 6 nitrogen and oxygen atoms in total. The monoisotopic (exact) mass is 661 g/mol. The Morgan fingerprint density at radius 1 is 0.314 bits per heavy atom. The highest BCUT2D eigenvalue weighted by atomic mass is 16.3. The number of nitrogens with one attached hydrogen (secondary N) is 3. The molecule has 1 aliphatic heterocycles. The molecular formula is C45H31N3O3. The molecule has 0 aliphatic carbocycles. The van der Waals surface area contributed by atoms with Crippen molar-refractivity contribution in [3.8, 4) is 11.1 Å². The summed E-state index contributed by atoms with van der Waals surface area (Å²) in [5.74, 6) is 0. The smallest absolute Gasteiger partial charge is 0.143 e. The number of rotatable bonds is 4. The van der Waals surface area contributed by atoms with Crippen LogP contribution in [0.15, 0.2) is 165 Å². The molecule has 0 spiro atoms. The highest BCUT2D eigenvalue weighted by molar-refractivity contribution is 6.15. The molecule has 4 heterocycles. The van der Waals surface area contributed by atoms with Gasteiger partial charge in [0.25, 0.3) is 0 Å². The van der Waals surface area contributed by atoms with Crippen molar-refractivity contribution in [2.75, 3.05) is 0 Å². The Bertz CT molecular complexity index is 2940. The van der Waals surface area contributed by atoms with Gasteiger partial charge in [-0.05, 0) is 53.1 Å². The van der Waals surface area contributed by atoms with E-state index in [1.807, 2.05) is 24.3 Å². The summed E-state index contributed by atoms with van der Waals surface area (Å²) in [6, 6.07) is 52.7. The topological polar surface area (TPSA) is 75.5 Å². The Labute approximate surface area is 292 Å². The van der Waals surface area contributed by atoms with Gasteiger partial charge in [-0.2, -0.15) is 0 Å². The van der Waals surface area contributed by atoms with Crippen LogP contribution in [0, 0.1) is 0 Å². The van der Waals surface area contributed by atoms with E-state index in [-0.39, 0.29) is 18.5 Å². The van der Waals surface area contributed by atoms with Gasteiger partial charge in [-0.1, -0.05) is 115 Å². The lowest BCUT2D eigenvalue weighted by Gasteiger charge is -2.39. The standard InChI is InChI=1S/C45H31N3O3/c1-2-10-26(11-3-1)43-46-44(27-20-22-39-35(24-27)30-13-5-6-18-37(30)49-39)48-45(47-43)28-21-23-40-36(25-28)34-17-9-16-33(42(34)51-40)32-15-8-14-31-29-12-4-7-19-38(29)50-41(31)32/h1-25,43-48H. The normalized spacial score (nSPS) is 18.2. The van der Waals surface area contributed by atoms with Crippen LogP contribution in [0.5, 0.6) is 0 Å². The van der Waals surface area contributed by atoms with Crippen LogP contribution in [-0.4, -0.2) is 0 Å². The summed E-state index contributed by atoms with van der Waals surface area (Å²) in [6.45, 7) is 0. The number of hydrogen-bond acceptors (Lipinski definition) is 6. The van der Waals surface area contributed by atoms with Gasteiger partial charge < -0.3 is 13.3 Å². The molecule has 244 valence electrons. The van der Waals surface area contributed by atoms with Crippen LogP contribution in [0.25, 0.3) is 76.9 Å². The Hall–Kier alpha value is -6.18. The molecule has 3 unspecified atom stereocenters. The second-order valence-corrected chi connectivity index (χ2v) is 13.4. The molecular weight excluding hydrogens is 631 g/mol. The highest BCUT2D eigenvalue weighted by Gasteiger charge is 2.30. The summed E-state index contributed by atoms with van der Waals surface area (Å²) >= 11 is 0. The fourth-order valence-electron chi connectivity index (χ4n) is 7.96. The van der Waals surface area contributed by atoms with Gasteiger partial charge in [-0.3, -0.25) is 16.0 Å². The van der Waals surface area contributed by atoms with Crippen molar-refractivity contribution in [1.29, 1.82) is 0 Å². The lowest BCUT2D eigenvalue weighted by molar-refractivity contribution is 0.203. The first kappa shape index (κ1) is 28.6. The maximum atomic E-state index is 6.65. The van der Waals surface area contributed by atoms with Gasteiger partial charge in [0.05, 0.1) is 18.5 Å². The zero-order chi connectivity index (χ0) is 33.5. The number of fused-ring (bicyclic) bond motifs is 9. The highest BCUT2D eigenvalue weighted by Crippen LogP contribution is 2.42. The molecule has 10 aromatic rings. The maximum absolute atomic E-state index is 6.65. The predicted molar refractivity (Wildman–Crippen MR) is 204 cm³/mol. The molecule has 0 amide bonds. The van der Waals surface area contributed by atoms with E-state index in [1.165, 1.54) is 5.56 Å². The van der Waals surface area contributed by atoms with Gasteiger partial charge in [-0.15, -0.1) is 0 Å². The third-order valence-corrected chi connectivity index (χ3v) is 10.4. The first-order valence-electron chi connectivity index (χ1n) is 17.4. The average molecular weight is 662 g/mol. The van der Waals surface area contributed by atoms with E-state index in [2.05, 4.69) is 143 Å². The predicted octanol–water partition coefficient (Wildman–Crippen LogP) is 11.2. The minimum absolute atomic E-state index is 0.0908. The third-order valence-electron chi connectivity index (χ3n) is 10.4. The summed E-state index contributed by atoms with van der Waals surface area (Å²) < 4.78 is 19.2. The average Bonchev–Trinajstić information content (AvgIpc) is 3.89. The Balaban J connectivity index is 1.01. The van der Waals surface area contributed by atoms with Crippen LogP contribution in [-0.2, 0) is 0 Å². The van der Waals surface area contributed by atoms with Gasteiger partial charge in [0, 0.05) is 43.4 Å². The van der Waals surface area contributed by atoms with E-state index >= 15 is 0 Å². The van der Waals surface area contributed by atoms with E-state index in [0.29, 0.717) is 0 Å². The second kappa shape index (κ2) is 11.2. The summed E-state index contributed by atoms with van der Waals surface area (Å²) in [5.41, 5.74) is 10.7. The second-order valence-electron chi connectivity index (χ2n) is 13.4. The van der Waals surface area contributed by atoms with Gasteiger partial charge >= 0.3 is 0 Å². The Morgan fingerprint density at radius 2 is 0.745 bits per heavy atom. The van der Waals surface area contributed by atoms with Gasteiger partial charge in [0.15, 0.2) is 0 Å². The molecule has 3 aromatic heterocycles. The number of hydrogen-bond donors (Lipinski definition) is 3. The van der Waals surface area contributed by atoms with E-state index in [9.17, 15) is 0 Å². The molecule has 0 saturated carbocycles. The number of furan rings is 3. The molecule has 1 fully saturated rings. The zero-order valence-corrected chi connectivity index (χ0v) is 27.4. The lowest BCUT2D eigenvalue weighted by atomic mass is 9.99. The largest absolute Gasteiger partial charge is 0.456 e.